The van der Waals surface area contributed by atoms with Crippen LogP contribution in [0.1, 0.15) is 73.1 Å². The molecule has 5 unspecified atom stereocenters. The highest BCUT2D eigenvalue weighted by atomic mass is 14.4. The SMILES string of the molecule is CCCCCC(C)C(C)CC1CC(C)C1C. The van der Waals surface area contributed by atoms with Gasteiger partial charge in [-0.05, 0) is 42.4 Å². The minimum absolute atomic E-state index is 0.939. The van der Waals surface area contributed by atoms with Gasteiger partial charge >= 0.3 is 0 Å². The van der Waals surface area contributed by atoms with E-state index in [1.807, 2.05) is 0 Å². The summed E-state index contributed by atoms with van der Waals surface area (Å²) in [6, 6.07) is 0. The first-order valence-corrected chi connectivity index (χ1v) is 7.56. The van der Waals surface area contributed by atoms with Crippen molar-refractivity contribution in [1.82, 2.24) is 0 Å². The lowest BCUT2D eigenvalue weighted by molar-refractivity contribution is 0.0712. The molecule has 0 aliphatic heterocycles. The van der Waals surface area contributed by atoms with Crippen LogP contribution in [0.4, 0.5) is 0 Å². The molecule has 0 aromatic carbocycles. The zero-order chi connectivity index (χ0) is 12.1. The average molecular weight is 224 g/mol. The molecule has 16 heavy (non-hydrogen) atoms. The quantitative estimate of drug-likeness (QED) is 0.499. The number of rotatable bonds is 7. The topological polar surface area (TPSA) is 0 Å². The van der Waals surface area contributed by atoms with E-state index >= 15 is 0 Å². The minimum Gasteiger partial charge on any atom is -0.0654 e. The van der Waals surface area contributed by atoms with Crippen molar-refractivity contribution in [2.45, 2.75) is 73.1 Å². The van der Waals surface area contributed by atoms with Crippen LogP contribution in [-0.4, -0.2) is 0 Å². The highest BCUT2D eigenvalue weighted by Crippen LogP contribution is 2.44. The molecule has 0 heterocycles. The Bertz CT molecular complexity index is 184. The van der Waals surface area contributed by atoms with Crippen LogP contribution in [0.25, 0.3) is 0 Å². The summed E-state index contributed by atoms with van der Waals surface area (Å²) in [5, 5.41) is 0. The maximum atomic E-state index is 2.48. The Hall–Kier alpha value is 0. The van der Waals surface area contributed by atoms with Crippen LogP contribution >= 0.6 is 0 Å². The third-order valence-electron chi connectivity index (χ3n) is 5.22. The molecule has 0 spiro atoms. The first-order valence-electron chi connectivity index (χ1n) is 7.56. The molecular formula is C16H32. The molecule has 0 amide bonds. The third-order valence-corrected chi connectivity index (χ3v) is 5.22. The van der Waals surface area contributed by atoms with Crippen LogP contribution in [0.3, 0.4) is 0 Å². The zero-order valence-corrected chi connectivity index (χ0v) is 12.1. The van der Waals surface area contributed by atoms with Gasteiger partial charge in [0.25, 0.3) is 0 Å². The molecule has 96 valence electrons. The molecule has 0 nitrogen and oxygen atoms in total. The molecule has 0 bridgehead atoms. The maximum absolute atomic E-state index is 2.48. The van der Waals surface area contributed by atoms with Gasteiger partial charge in [-0.25, -0.2) is 0 Å². The molecule has 0 saturated heterocycles. The molecule has 0 N–H and O–H groups in total. The highest BCUT2D eigenvalue weighted by molar-refractivity contribution is 4.85. The average Bonchev–Trinajstić information content (AvgIpc) is 2.28. The lowest BCUT2D eigenvalue weighted by Crippen LogP contribution is -2.34. The third kappa shape index (κ3) is 3.79. The Morgan fingerprint density at radius 1 is 1.06 bits per heavy atom. The van der Waals surface area contributed by atoms with E-state index in [2.05, 4.69) is 34.6 Å². The van der Waals surface area contributed by atoms with Gasteiger partial charge in [0.05, 0.1) is 0 Å². The summed E-state index contributed by atoms with van der Waals surface area (Å²) >= 11 is 0. The molecule has 5 atom stereocenters. The molecule has 1 saturated carbocycles. The van der Waals surface area contributed by atoms with Crippen LogP contribution in [0.5, 0.6) is 0 Å². The van der Waals surface area contributed by atoms with E-state index in [0.29, 0.717) is 0 Å². The Kier molecular flexibility index (Phi) is 5.86. The predicted molar refractivity (Wildman–Crippen MR) is 73.5 cm³/mol. The summed E-state index contributed by atoms with van der Waals surface area (Å²) < 4.78 is 0. The van der Waals surface area contributed by atoms with Gasteiger partial charge in [0.2, 0.25) is 0 Å². The van der Waals surface area contributed by atoms with Gasteiger partial charge in [0.1, 0.15) is 0 Å². The number of unbranched alkanes of at least 4 members (excludes halogenated alkanes) is 2. The summed E-state index contributed by atoms with van der Waals surface area (Å²) in [6.07, 6.45) is 8.66. The standard InChI is InChI=1S/C16H32/c1-6-7-8-9-12(2)13(3)10-16-11-14(4)15(16)5/h12-16H,6-11H2,1-5H3. The van der Waals surface area contributed by atoms with Crippen LogP contribution in [0.15, 0.2) is 0 Å². The van der Waals surface area contributed by atoms with E-state index in [9.17, 15) is 0 Å². The lowest BCUT2D eigenvalue weighted by Gasteiger charge is -2.43. The van der Waals surface area contributed by atoms with E-state index in [-0.39, 0.29) is 0 Å². The number of hydrogen-bond acceptors (Lipinski definition) is 0. The van der Waals surface area contributed by atoms with Crippen molar-refractivity contribution in [2.75, 3.05) is 0 Å². The van der Waals surface area contributed by atoms with Gasteiger partial charge in [-0.15, -0.1) is 0 Å². The van der Waals surface area contributed by atoms with Crippen molar-refractivity contribution in [3.8, 4) is 0 Å². The Morgan fingerprint density at radius 2 is 1.75 bits per heavy atom. The summed E-state index contributed by atoms with van der Waals surface area (Å²) in [6.45, 7) is 12.1. The molecule has 0 radical (unpaired) electrons. The van der Waals surface area contributed by atoms with Gasteiger partial charge in [-0.3, -0.25) is 0 Å². The Balaban J connectivity index is 2.16. The first kappa shape index (κ1) is 14.1. The fourth-order valence-corrected chi connectivity index (χ4v) is 3.20. The molecule has 1 fully saturated rings. The second kappa shape index (κ2) is 6.67. The van der Waals surface area contributed by atoms with Crippen molar-refractivity contribution in [2.24, 2.45) is 29.6 Å². The maximum Gasteiger partial charge on any atom is -0.0381 e. The van der Waals surface area contributed by atoms with Gasteiger partial charge in [-0.2, -0.15) is 0 Å². The van der Waals surface area contributed by atoms with Crippen molar-refractivity contribution >= 4 is 0 Å². The molecule has 0 aromatic heterocycles. The smallest absolute Gasteiger partial charge is 0.0381 e. The Labute approximate surface area is 103 Å². The van der Waals surface area contributed by atoms with Gasteiger partial charge in [-0.1, -0.05) is 60.3 Å². The molecule has 1 rings (SSSR count). The van der Waals surface area contributed by atoms with Crippen molar-refractivity contribution < 1.29 is 0 Å². The lowest BCUT2D eigenvalue weighted by atomic mass is 9.63. The summed E-state index contributed by atoms with van der Waals surface area (Å²) in [4.78, 5) is 0. The first-order chi connectivity index (χ1) is 7.56. The summed E-state index contributed by atoms with van der Waals surface area (Å²) in [7, 11) is 0. The zero-order valence-electron chi connectivity index (χ0n) is 12.1. The summed E-state index contributed by atoms with van der Waals surface area (Å²) in [5.74, 6) is 4.91. The largest absolute Gasteiger partial charge is 0.0654 e. The van der Waals surface area contributed by atoms with E-state index in [4.69, 9.17) is 0 Å². The van der Waals surface area contributed by atoms with E-state index in [1.165, 1.54) is 38.5 Å². The van der Waals surface area contributed by atoms with Crippen LogP contribution < -0.4 is 0 Å². The van der Waals surface area contributed by atoms with E-state index in [0.717, 1.165) is 29.6 Å². The van der Waals surface area contributed by atoms with Crippen molar-refractivity contribution in [3.63, 3.8) is 0 Å². The second-order valence-electron chi connectivity index (χ2n) is 6.52. The fourth-order valence-electron chi connectivity index (χ4n) is 3.20. The fraction of sp³-hybridized carbons (Fsp3) is 1.00. The van der Waals surface area contributed by atoms with E-state index in [1.54, 1.807) is 0 Å². The van der Waals surface area contributed by atoms with Gasteiger partial charge in [0, 0.05) is 0 Å². The molecule has 0 heteroatoms. The van der Waals surface area contributed by atoms with Gasteiger partial charge < -0.3 is 0 Å². The van der Waals surface area contributed by atoms with Crippen LogP contribution in [0, 0.1) is 29.6 Å². The van der Waals surface area contributed by atoms with Crippen LogP contribution in [-0.2, 0) is 0 Å². The molecule has 1 aliphatic carbocycles. The van der Waals surface area contributed by atoms with Gasteiger partial charge in [0.15, 0.2) is 0 Å². The minimum atomic E-state index is 0.939. The predicted octanol–water partition coefficient (Wildman–Crippen LogP) is 5.52. The van der Waals surface area contributed by atoms with E-state index < -0.39 is 0 Å². The van der Waals surface area contributed by atoms with Crippen molar-refractivity contribution in [3.05, 3.63) is 0 Å². The monoisotopic (exact) mass is 224 g/mol. The summed E-state index contributed by atoms with van der Waals surface area (Å²) in [5.41, 5.74) is 0. The second-order valence-corrected chi connectivity index (χ2v) is 6.52. The molecule has 0 aromatic rings. The normalized spacial score (nSPS) is 33.2. The number of hydrogen-bond donors (Lipinski definition) is 0. The Morgan fingerprint density at radius 3 is 2.25 bits per heavy atom. The van der Waals surface area contributed by atoms with Crippen LogP contribution in [0.2, 0.25) is 0 Å². The van der Waals surface area contributed by atoms with Crippen molar-refractivity contribution in [1.29, 1.82) is 0 Å². The molecular weight excluding hydrogens is 192 g/mol. The molecule has 1 aliphatic rings. The highest BCUT2D eigenvalue weighted by Gasteiger charge is 2.35.